The van der Waals surface area contributed by atoms with Crippen molar-refractivity contribution in [1.82, 2.24) is 14.9 Å². The summed E-state index contributed by atoms with van der Waals surface area (Å²) in [6.45, 7) is 9.25. The van der Waals surface area contributed by atoms with E-state index in [0.29, 0.717) is 13.0 Å². The van der Waals surface area contributed by atoms with Crippen LogP contribution in [0.4, 0.5) is 5.82 Å². The van der Waals surface area contributed by atoms with Crippen LogP contribution in [0.5, 0.6) is 0 Å². The van der Waals surface area contributed by atoms with Gasteiger partial charge >= 0.3 is 0 Å². The van der Waals surface area contributed by atoms with Crippen LogP contribution in [0.2, 0.25) is 0 Å². The molecule has 2 fully saturated rings. The summed E-state index contributed by atoms with van der Waals surface area (Å²) in [6, 6.07) is 0. The number of hydrogen-bond donors (Lipinski definition) is 1. The highest BCUT2D eigenvalue weighted by Gasteiger charge is 2.42. The number of aliphatic hydroxyl groups is 1. The van der Waals surface area contributed by atoms with Crippen LogP contribution in [0, 0.1) is 26.2 Å². The van der Waals surface area contributed by atoms with Crippen LogP contribution < -0.4 is 4.90 Å². The molecule has 2 aliphatic heterocycles. The maximum atomic E-state index is 12.1. The lowest BCUT2D eigenvalue weighted by atomic mass is 9.73. The van der Waals surface area contributed by atoms with Gasteiger partial charge in [0.1, 0.15) is 11.6 Å². The second-order valence-corrected chi connectivity index (χ2v) is 7.37. The molecule has 1 atom stereocenters. The molecule has 0 unspecified atom stereocenters. The van der Waals surface area contributed by atoms with Crippen LogP contribution in [0.1, 0.15) is 42.8 Å². The summed E-state index contributed by atoms with van der Waals surface area (Å²) >= 11 is 0. The van der Waals surface area contributed by atoms with E-state index in [1.54, 1.807) is 0 Å². The molecule has 132 valence electrons. The van der Waals surface area contributed by atoms with E-state index in [0.717, 1.165) is 61.8 Å². The topological polar surface area (TPSA) is 69.6 Å². The summed E-state index contributed by atoms with van der Waals surface area (Å²) in [4.78, 5) is 25.5. The first kappa shape index (κ1) is 17.1. The Labute approximate surface area is 143 Å². The third-order valence-electron chi connectivity index (χ3n) is 5.55. The normalized spacial score (nSPS) is 24.8. The predicted octanol–water partition coefficient (Wildman–Crippen LogP) is 1.60. The van der Waals surface area contributed by atoms with Gasteiger partial charge in [0, 0.05) is 49.3 Å². The fourth-order valence-corrected chi connectivity index (χ4v) is 4.21. The van der Waals surface area contributed by atoms with Gasteiger partial charge in [0.2, 0.25) is 5.91 Å². The Morgan fingerprint density at radius 2 is 1.96 bits per heavy atom. The predicted molar refractivity (Wildman–Crippen MR) is 93.0 cm³/mol. The second-order valence-electron chi connectivity index (χ2n) is 7.37. The molecule has 0 aromatic carbocycles. The lowest BCUT2D eigenvalue weighted by molar-refractivity contribution is -0.138. The minimum absolute atomic E-state index is 0.0366. The van der Waals surface area contributed by atoms with E-state index in [1.165, 1.54) is 0 Å². The average Bonchev–Trinajstić information content (AvgIpc) is 2.55. The number of aliphatic hydroxyl groups excluding tert-OH is 1. The van der Waals surface area contributed by atoms with Crippen molar-refractivity contribution in [3.05, 3.63) is 17.1 Å². The van der Waals surface area contributed by atoms with Gasteiger partial charge in [-0.05, 0) is 40.0 Å². The highest BCUT2D eigenvalue weighted by Crippen LogP contribution is 2.40. The van der Waals surface area contributed by atoms with Crippen molar-refractivity contribution in [3.63, 3.8) is 0 Å². The molecule has 0 radical (unpaired) electrons. The molecule has 2 saturated heterocycles. The first-order valence-corrected chi connectivity index (χ1v) is 8.89. The average molecular weight is 332 g/mol. The number of carbonyl (C=O) groups is 1. The Balaban J connectivity index is 1.83. The number of aryl methyl sites for hydroxylation is 2. The summed E-state index contributed by atoms with van der Waals surface area (Å²) in [7, 11) is 0. The standard InChI is InChI=1S/C18H28N4O2/c1-13-14(2)19-15(3)20-17(13)22-8-4-6-18(12-22)7-5-16(24)21(11-18)9-10-23/h23H,4-12H2,1-3H3/t18-/m1/s1. The molecule has 3 heterocycles. The highest BCUT2D eigenvalue weighted by atomic mass is 16.3. The molecule has 0 bridgehead atoms. The molecule has 3 rings (SSSR count). The molecular weight excluding hydrogens is 304 g/mol. The van der Waals surface area contributed by atoms with E-state index in [2.05, 4.69) is 16.8 Å². The number of anilines is 1. The van der Waals surface area contributed by atoms with E-state index in [1.807, 2.05) is 18.7 Å². The molecule has 1 amide bonds. The number of amides is 1. The lowest BCUT2D eigenvalue weighted by Crippen LogP contribution is -2.54. The second kappa shape index (κ2) is 6.67. The number of carbonyl (C=O) groups excluding carboxylic acids is 1. The van der Waals surface area contributed by atoms with Crippen LogP contribution in [0.3, 0.4) is 0 Å². The molecule has 2 aliphatic rings. The quantitative estimate of drug-likeness (QED) is 0.910. The zero-order valence-electron chi connectivity index (χ0n) is 15.0. The summed E-state index contributed by atoms with van der Waals surface area (Å²) in [5, 5.41) is 9.23. The Morgan fingerprint density at radius 1 is 1.17 bits per heavy atom. The van der Waals surface area contributed by atoms with Crippen LogP contribution in [0.15, 0.2) is 0 Å². The molecular formula is C18H28N4O2. The molecule has 0 aliphatic carbocycles. The van der Waals surface area contributed by atoms with Crippen LogP contribution in [0.25, 0.3) is 0 Å². The van der Waals surface area contributed by atoms with Crippen molar-refractivity contribution in [1.29, 1.82) is 0 Å². The van der Waals surface area contributed by atoms with Gasteiger partial charge in [0.25, 0.3) is 0 Å². The molecule has 24 heavy (non-hydrogen) atoms. The van der Waals surface area contributed by atoms with Gasteiger partial charge in [-0.1, -0.05) is 0 Å². The van der Waals surface area contributed by atoms with Crippen molar-refractivity contribution in [2.75, 3.05) is 37.7 Å². The van der Waals surface area contributed by atoms with Crippen molar-refractivity contribution in [2.45, 2.75) is 46.5 Å². The number of β-amino-alcohol motifs (C(OH)–C–C–N with tert-alkyl or cyclic N) is 1. The maximum absolute atomic E-state index is 12.1. The minimum Gasteiger partial charge on any atom is -0.395 e. The fourth-order valence-electron chi connectivity index (χ4n) is 4.21. The molecule has 0 saturated carbocycles. The zero-order chi connectivity index (χ0) is 17.3. The number of likely N-dealkylation sites (tertiary alicyclic amines) is 1. The fraction of sp³-hybridized carbons (Fsp3) is 0.722. The Kier molecular flexibility index (Phi) is 4.76. The van der Waals surface area contributed by atoms with Gasteiger partial charge in [0.15, 0.2) is 0 Å². The molecule has 6 heteroatoms. The largest absolute Gasteiger partial charge is 0.395 e. The number of piperidine rings is 2. The number of rotatable bonds is 3. The minimum atomic E-state index is 0.0366. The van der Waals surface area contributed by atoms with E-state index in [9.17, 15) is 9.90 Å². The van der Waals surface area contributed by atoms with E-state index < -0.39 is 0 Å². The lowest BCUT2D eigenvalue weighted by Gasteiger charge is -2.48. The van der Waals surface area contributed by atoms with Gasteiger partial charge in [-0.3, -0.25) is 4.79 Å². The number of aromatic nitrogens is 2. The smallest absolute Gasteiger partial charge is 0.222 e. The number of nitrogens with zero attached hydrogens (tertiary/aromatic N) is 4. The van der Waals surface area contributed by atoms with Crippen molar-refractivity contribution in [2.24, 2.45) is 5.41 Å². The van der Waals surface area contributed by atoms with E-state index in [-0.39, 0.29) is 17.9 Å². The van der Waals surface area contributed by atoms with Gasteiger partial charge in [-0.15, -0.1) is 0 Å². The first-order chi connectivity index (χ1) is 11.4. The summed E-state index contributed by atoms with van der Waals surface area (Å²) in [6.07, 6.45) is 3.78. The Morgan fingerprint density at radius 3 is 2.71 bits per heavy atom. The maximum Gasteiger partial charge on any atom is 0.222 e. The molecule has 1 N–H and O–H groups in total. The van der Waals surface area contributed by atoms with Gasteiger partial charge in [-0.2, -0.15) is 0 Å². The summed E-state index contributed by atoms with van der Waals surface area (Å²) in [5.74, 6) is 2.04. The summed E-state index contributed by atoms with van der Waals surface area (Å²) < 4.78 is 0. The van der Waals surface area contributed by atoms with E-state index in [4.69, 9.17) is 4.98 Å². The first-order valence-electron chi connectivity index (χ1n) is 8.89. The van der Waals surface area contributed by atoms with Crippen LogP contribution in [-0.2, 0) is 4.79 Å². The van der Waals surface area contributed by atoms with Crippen molar-refractivity contribution < 1.29 is 9.90 Å². The van der Waals surface area contributed by atoms with E-state index >= 15 is 0 Å². The van der Waals surface area contributed by atoms with Crippen LogP contribution >= 0.6 is 0 Å². The van der Waals surface area contributed by atoms with Crippen molar-refractivity contribution in [3.8, 4) is 0 Å². The zero-order valence-corrected chi connectivity index (χ0v) is 15.0. The van der Waals surface area contributed by atoms with Gasteiger partial charge < -0.3 is 14.9 Å². The molecule has 6 nitrogen and oxygen atoms in total. The monoisotopic (exact) mass is 332 g/mol. The third kappa shape index (κ3) is 3.24. The van der Waals surface area contributed by atoms with Gasteiger partial charge in [0.05, 0.1) is 6.61 Å². The van der Waals surface area contributed by atoms with Crippen molar-refractivity contribution >= 4 is 11.7 Å². The molecule has 1 aromatic heterocycles. The molecule has 1 aromatic rings. The highest BCUT2D eigenvalue weighted by molar-refractivity contribution is 5.77. The van der Waals surface area contributed by atoms with Crippen LogP contribution in [-0.4, -0.2) is 58.7 Å². The molecule has 1 spiro atoms. The Bertz CT molecular complexity index is 634. The summed E-state index contributed by atoms with van der Waals surface area (Å²) in [5.41, 5.74) is 2.31. The SMILES string of the molecule is Cc1nc(C)c(C)c(N2CCC[C@]3(CCC(=O)N(CCO)C3)C2)n1. The number of hydrogen-bond acceptors (Lipinski definition) is 5. The third-order valence-corrected chi connectivity index (χ3v) is 5.55. The van der Waals surface area contributed by atoms with Gasteiger partial charge in [-0.25, -0.2) is 9.97 Å². The Hall–Kier alpha value is -1.69.